The normalized spacial score (nSPS) is 5.80. The van der Waals surface area contributed by atoms with Gasteiger partial charge in [0.15, 0.2) is 0 Å². The summed E-state index contributed by atoms with van der Waals surface area (Å²) in [7, 11) is 0. The maximum atomic E-state index is 8.59. The van der Waals surface area contributed by atoms with Crippen molar-refractivity contribution < 1.29 is 35.0 Å². The third kappa shape index (κ3) is 97.8. The van der Waals surface area contributed by atoms with E-state index in [1.54, 1.807) is 0 Å². The van der Waals surface area contributed by atoms with E-state index in [1.807, 2.05) is 0 Å². The second kappa shape index (κ2) is 18.5. The molecule has 10 heteroatoms. The fourth-order valence-electron chi connectivity index (χ4n) is 0. The van der Waals surface area contributed by atoms with Gasteiger partial charge in [0, 0.05) is 0 Å². The first-order chi connectivity index (χ1) is 2.00. The second-order valence-corrected chi connectivity index (χ2v) is 1.68. The Morgan fingerprint density at radius 1 is 0.800 bits per heavy atom. The van der Waals surface area contributed by atoms with Crippen LogP contribution in [0.1, 0.15) is 0 Å². The Kier molecular flexibility index (Phi) is 68.9. The van der Waals surface area contributed by atoms with Crippen LogP contribution in [-0.2, 0) is 26.7 Å². The molecule has 0 radical (unpaired) electrons. The standard InChI is InChI=1S/Cr.5O.4Tl/q;;;-2;2*-1;4*+1. The van der Waals surface area contributed by atoms with Gasteiger partial charge < -0.3 is 5.48 Å². The molecule has 0 spiro atoms. The molecule has 0 aliphatic rings. The van der Waals surface area contributed by atoms with Gasteiger partial charge in [0.05, 0.1) is 0 Å². The molecule has 0 fully saturated rings. The molecule has 0 saturated carbocycles. The average molecular weight is 950 g/mol. The first kappa shape index (κ1) is 37.3. The number of hydrogen-bond donors (Lipinski definition) is 0. The zero-order valence-electron chi connectivity index (χ0n) is 4.76. The van der Waals surface area contributed by atoms with E-state index >= 15 is 0 Å². The molecule has 0 bridgehead atoms. The molecule has 0 saturated heterocycles. The Hall–Kier alpha value is 3.70. The summed E-state index contributed by atoms with van der Waals surface area (Å²) >= 11 is -5.75. The van der Waals surface area contributed by atoms with Gasteiger partial charge >= 0.3 is 139 Å². The Labute approximate surface area is 141 Å². The summed E-state index contributed by atoms with van der Waals surface area (Å²) in [5.74, 6) is 0. The van der Waals surface area contributed by atoms with Crippen LogP contribution in [0, 0.1) is 0 Å². The molecule has 0 N–H and O–H groups in total. The van der Waals surface area contributed by atoms with Gasteiger partial charge in [-0.05, 0) is 0 Å². The molecule has 0 aromatic rings. The van der Waals surface area contributed by atoms with E-state index in [0.29, 0.717) is 0 Å². The van der Waals surface area contributed by atoms with Crippen LogP contribution in [0.25, 0.3) is 0 Å². The van der Waals surface area contributed by atoms with E-state index in [1.165, 1.54) is 0 Å². The summed E-state index contributed by atoms with van der Waals surface area (Å²) in [6.07, 6.45) is 0. The summed E-state index contributed by atoms with van der Waals surface area (Å²) in [5.41, 5.74) is 0. The smallest absolute Gasteiger partial charge is 1.00 e. The van der Waals surface area contributed by atoms with Gasteiger partial charge in [0.25, 0.3) is 0 Å². The number of rotatable bonds is 0. The first-order valence-corrected chi connectivity index (χ1v) is 2.75. The van der Waals surface area contributed by atoms with Crippen molar-refractivity contribution >= 4 is 109 Å². The van der Waals surface area contributed by atoms with Crippen molar-refractivity contribution in [1.29, 1.82) is 0 Å². The Bertz CT molecular complexity index is 96.8. The van der Waals surface area contributed by atoms with Crippen LogP contribution in [0.2, 0.25) is 0 Å². The van der Waals surface area contributed by atoms with E-state index in [9.17, 15) is 0 Å². The molecule has 0 aliphatic heterocycles. The quantitative estimate of drug-likeness (QED) is 0.230. The van der Waals surface area contributed by atoms with E-state index in [4.69, 9.17) is 15.9 Å². The average Bonchev–Trinajstić information content (AvgIpc) is 0.722. The van der Waals surface area contributed by atoms with Gasteiger partial charge in [-0.1, -0.05) is 0 Å². The minimum Gasteiger partial charge on any atom is 1.00 e. The van der Waals surface area contributed by atoms with Crippen LogP contribution in [0.15, 0.2) is 0 Å². The summed E-state index contributed by atoms with van der Waals surface area (Å²) in [6, 6.07) is 0. The third-order valence-electron chi connectivity index (χ3n) is 0. The van der Waals surface area contributed by atoms with Crippen molar-refractivity contribution in [1.82, 2.24) is 0 Å². The summed E-state index contributed by atoms with van der Waals surface area (Å²) in [5, 5.41) is 0. The molecule has 0 aliphatic carbocycles. The Balaban J connectivity index is -0.00000000800. The van der Waals surface area contributed by atoms with E-state index in [-0.39, 0.29) is 115 Å². The zero-order valence-corrected chi connectivity index (χ0v) is 24.0. The first-order valence-electron chi connectivity index (χ1n) is 0.667. The molecule has 10 heavy (non-hydrogen) atoms. The molecule has 0 aromatic carbocycles. The molecular weight excluding hydrogens is 950 g/mol. The molecule has 48 valence electrons. The van der Waals surface area contributed by atoms with E-state index in [2.05, 4.69) is 0 Å². The summed E-state index contributed by atoms with van der Waals surface area (Å²) < 4.78 is 34.4. The Morgan fingerprint density at radius 3 is 0.800 bits per heavy atom. The van der Waals surface area contributed by atoms with Gasteiger partial charge in [-0.25, -0.2) is 0 Å². The SMILES string of the molecule is [O-2].[O]=[Cr](=[O])([O-])[O-].[Tl+].[Tl+].[Tl+].[Tl+]. The van der Waals surface area contributed by atoms with Crippen LogP contribution in [0.4, 0.5) is 0 Å². The van der Waals surface area contributed by atoms with Crippen molar-refractivity contribution in [2.24, 2.45) is 0 Å². The Morgan fingerprint density at radius 2 is 0.800 bits per heavy atom. The van der Waals surface area contributed by atoms with Gasteiger partial charge in [0.1, 0.15) is 0 Å². The monoisotopic (exact) mass is 952 g/mol. The van der Waals surface area contributed by atoms with Gasteiger partial charge in [-0.3, -0.25) is 0 Å². The van der Waals surface area contributed by atoms with Crippen molar-refractivity contribution in [2.75, 3.05) is 0 Å². The minimum atomic E-state index is -5.75. The van der Waals surface area contributed by atoms with Crippen LogP contribution < -0.4 is 8.32 Å². The molecule has 5 nitrogen and oxygen atoms in total. The van der Waals surface area contributed by atoms with Crippen LogP contribution in [-0.4, -0.2) is 109 Å². The third-order valence-corrected chi connectivity index (χ3v) is 0. The predicted octanol–water partition coefficient (Wildman–Crippen LogP) is -4.26. The second-order valence-electron chi connectivity index (χ2n) is 0.408. The van der Waals surface area contributed by atoms with Crippen LogP contribution in [0.5, 0.6) is 0 Å². The van der Waals surface area contributed by atoms with Crippen molar-refractivity contribution in [3.05, 3.63) is 0 Å². The molecule has 0 atom stereocenters. The summed E-state index contributed by atoms with van der Waals surface area (Å²) in [6.45, 7) is 0. The fraction of sp³-hybridized carbons (Fsp3) is 0. The van der Waals surface area contributed by atoms with Gasteiger partial charge in [-0.2, -0.15) is 0 Å². The maximum Gasteiger partial charge on any atom is 1.00 e. The molecule has 0 aromatic heterocycles. The van der Waals surface area contributed by atoms with Gasteiger partial charge in [-0.15, -0.1) is 0 Å². The summed E-state index contributed by atoms with van der Waals surface area (Å²) in [4.78, 5) is 0. The maximum absolute atomic E-state index is 8.59. The zero-order chi connectivity index (χ0) is 4.50. The molecule has 0 rings (SSSR count). The molecule has 0 unspecified atom stereocenters. The molecular formula is CrO5Tl4. The van der Waals surface area contributed by atoms with Crippen LogP contribution in [0.3, 0.4) is 0 Å². The minimum absolute atomic E-state index is 0. The molecule has 0 heterocycles. The predicted molar refractivity (Wildman–Crippen MR) is 25.1 cm³/mol. The van der Waals surface area contributed by atoms with Crippen molar-refractivity contribution in [2.45, 2.75) is 0 Å². The van der Waals surface area contributed by atoms with E-state index in [0.717, 1.165) is 0 Å². The molecule has 0 amide bonds. The van der Waals surface area contributed by atoms with E-state index < -0.39 is 13.6 Å². The topological polar surface area (TPSA) is 109 Å². The largest absolute Gasteiger partial charge is 1.00 e. The van der Waals surface area contributed by atoms with Gasteiger partial charge in [0.2, 0.25) is 0 Å². The number of hydrogen-bond acceptors (Lipinski definition) is 4. The van der Waals surface area contributed by atoms with Crippen LogP contribution >= 0.6 is 0 Å². The fourth-order valence-corrected chi connectivity index (χ4v) is 0. The van der Waals surface area contributed by atoms with Crippen molar-refractivity contribution in [3.63, 3.8) is 0 Å². The van der Waals surface area contributed by atoms with Crippen molar-refractivity contribution in [3.8, 4) is 0 Å².